The van der Waals surface area contributed by atoms with Gasteiger partial charge in [-0.25, -0.2) is 9.78 Å². The molecule has 3 aromatic rings. The number of hydrogen-bond donors (Lipinski definition) is 0. The summed E-state index contributed by atoms with van der Waals surface area (Å²) in [6.45, 7) is 8.42. The largest absolute Gasteiger partial charge is 0.454 e. The third-order valence-corrected chi connectivity index (χ3v) is 6.60. The Labute approximate surface area is 179 Å². The van der Waals surface area contributed by atoms with Crippen LogP contribution < -0.4 is 0 Å². The second kappa shape index (κ2) is 9.41. The number of thiazole rings is 1. The molecule has 29 heavy (non-hydrogen) atoms. The SMILES string of the molecule is CCn1c(C)cc(C(=O)COC(=O)c2ccccc2SCc2csc(C)n2)c1C. The number of ether oxygens (including phenoxy) is 1. The summed E-state index contributed by atoms with van der Waals surface area (Å²) in [7, 11) is 0. The molecule has 0 atom stereocenters. The van der Waals surface area contributed by atoms with E-state index in [4.69, 9.17) is 4.74 Å². The molecule has 0 saturated carbocycles. The number of nitrogens with zero attached hydrogens (tertiary/aromatic N) is 2. The first-order valence-electron chi connectivity index (χ1n) is 9.40. The summed E-state index contributed by atoms with van der Waals surface area (Å²) in [6.07, 6.45) is 0. The topological polar surface area (TPSA) is 61.2 Å². The van der Waals surface area contributed by atoms with Gasteiger partial charge in [0, 0.05) is 39.5 Å². The van der Waals surface area contributed by atoms with E-state index in [2.05, 4.69) is 9.55 Å². The van der Waals surface area contributed by atoms with Crippen LogP contribution in [0, 0.1) is 20.8 Å². The number of aromatic nitrogens is 2. The van der Waals surface area contributed by atoms with Crippen LogP contribution >= 0.6 is 23.1 Å². The molecule has 7 heteroatoms. The quantitative estimate of drug-likeness (QED) is 0.280. The Hall–Kier alpha value is -2.38. The van der Waals surface area contributed by atoms with Crippen molar-refractivity contribution in [2.24, 2.45) is 0 Å². The van der Waals surface area contributed by atoms with Crippen LogP contribution in [0.5, 0.6) is 0 Å². The van der Waals surface area contributed by atoms with E-state index >= 15 is 0 Å². The van der Waals surface area contributed by atoms with Gasteiger partial charge in [-0.2, -0.15) is 0 Å². The molecule has 0 aliphatic rings. The molecule has 0 radical (unpaired) electrons. The first-order chi connectivity index (χ1) is 13.9. The molecule has 5 nitrogen and oxygen atoms in total. The number of benzene rings is 1. The Bertz CT molecular complexity index is 1040. The first kappa shape index (κ1) is 21.3. The van der Waals surface area contributed by atoms with Crippen LogP contribution in [0.3, 0.4) is 0 Å². The summed E-state index contributed by atoms with van der Waals surface area (Å²) in [5.41, 5.74) is 4.00. The summed E-state index contributed by atoms with van der Waals surface area (Å²) in [5.74, 6) is 0.00534. The van der Waals surface area contributed by atoms with E-state index in [1.165, 1.54) is 11.8 Å². The van der Waals surface area contributed by atoms with Gasteiger partial charge in [0.15, 0.2) is 6.61 Å². The average molecular weight is 429 g/mol. The van der Waals surface area contributed by atoms with Crippen LogP contribution in [-0.4, -0.2) is 27.9 Å². The fourth-order valence-corrected chi connectivity index (χ4v) is 4.90. The molecule has 3 rings (SSSR count). The van der Waals surface area contributed by atoms with Crippen molar-refractivity contribution in [2.75, 3.05) is 6.61 Å². The molecule has 0 fully saturated rings. The van der Waals surface area contributed by atoms with Crippen molar-refractivity contribution in [1.29, 1.82) is 0 Å². The molecule has 0 N–H and O–H groups in total. The molecule has 0 spiro atoms. The number of hydrogen-bond acceptors (Lipinski definition) is 6. The maximum atomic E-state index is 12.6. The predicted molar refractivity (Wildman–Crippen MR) is 117 cm³/mol. The van der Waals surface area contributed by atoms with Gasteiger partial charge >= 0.3 is 5.97 Å². The highest BCUT2D eigenvalue weighted by Crippen LogP contribution is 2.27. The van der Waals surface area contributed by atoms with Crippen molar-refractivity contribution in [3.05, 3.63) is 68.9 Å². The Morgan fingerprint density at radius 3 is 2.59 bits per heavy atom. The lowest BCUT2D eigenvalue weighted by Crippen LogP contribution is -2.15. The van der Waals surface area contributed by atoms with Crippen molar-refractivity contribution >= 4 is 34.9 Å². The van der Waals surface area contributed by atoms with Gasteiger partial charge in [-0.3, -0.25) is 4.79 Å². The van der Waals surface area contributed by atoms with Gasteiger partial charge in [0.1, 0.15) is 0 Å². The number of aryl methyl sites for hydroxylation is 2. The Morgan fingerprint density at radius 2 is 1.93 bits per heavy atom. The van der Waals surface area contributed by atoms with Crippen LogP contribution in [0.25, 0.3) is 0 Å². The van der Waals surface area contributed by atoms with E-state index in [-0.39, 0.29) is 12.4 Å². The van der Waals surface area contributed by atoms with Gasteiger partial charge in [-0.15, -0.1) is 23.1 Å². The van der Waals surface area contributed by atoms with Crippen molar-refractivity contribution in [1.82, 2.24) is 9.55 Å². The van der Waals surface area contributed by atoms with Crippen LogP contribution in [0.2, 0.25) is 0 Å². The lowest BCUT2D eigenvalue weighted by Gasteiger charge is -2.09. The highest BCUT2D eigenvalue weighted by atomic mass is 32.2. The summed E-state index contributed by atoms with van der Waals surface area (Å²) < 4.78 is 7.42. The highest BCUT2D eigenvalue weighted by molar-refractivity contribution is 7.98. The van der Waals surface area contributed by atoms with E-state index in [1.807, 2.05) is 51.3 Å². The van der Waals surface area contributed by atoms with Gasteiger partial charge in [0.05, 0.1) is 16.3 Å². The maximum absolute atomic E-state index is 12.6. The minimum absolute atomic E-state index is 0.186. The third-order valence-electron chi connectivity index (χ3n) is 4.67. The standard InChI is InChI=1S/C22H24N2O3S2/c1-5-24-14(2)10-19(15(24)3)20(25)11-27-22(26)18-8-6-7-9-21(18)29-13-17-12-28-16(4)23-17/h6-10,12H,5,11,13H2,1-4H3. The molecule has 0 aliphatic carbocycles. The first-order valence-corrected chi connectivity index (χ1v) is 11.3. The van der Waals surface area contributed by atoms with E-state index in [1.54, 1.807) is 23.5 Å². The summed E-state index contributed by atoms with van der Waals surface area (Å²) >= 11 is 3.15. The predicted octanol–water partition coefficient (Wildman–Crippen LogP) is 5.22. The number of carbonyl (C=O) groups is 2. The van der Waals surface area contributed by atoms with E-state index in [0.717, 1.165) is 33.5 Å². The van der Waals surface area contributed by atoms with Crippen molar-refractivity contribution in [3.63, 3.8) is 0 Å². The molecule has 0 unspecified atom stereocenters. The van der Waals surface area contributed by atoms with Crippen LogP contribution in [0.15, 0.2) is 40.6 Å². The lowest BCUT2D eigenvalue weighted by molar-refractivity contribution is 0.0471. The lowest BCUT2D eigenvalue weighted by atomic mass is 10.1. The van der Waals surface area contributed by atoms with Gasteiger partial charge in [0.2, 0.25) is 5.78 Å². The molecule has 0 saturated heterocycles. The normalized spacial score (nSPS) is 10.9. The zero-order chi connectivity index (χ0) is 21.0. The number of thioether (sulfide) groups is 1. The minimum Gasteiger partial charge on any atom is -0.454 e. The van der Waals surface area contributed by atoms with Crippen molar-refractivity contribution < 1.29 is 14.3 Å². The Balaban J connectivity index is 1.66. The summed E-state index contributed by atoms with van der Waals surface area (Å²) in [6, 6.07) is 9.15. The molecule has 2 heterocycles. The number of Topliss-reactive ketones (excluding diaryl/α,β-unsaturated/α-hetero) is 1. The number of rotatable bonds is 8. The molecule has 0 amide bonds. The highest BCUT2D eigenvalue weighted by Gasteiger charge is 2.19. The minimum atomic E-state index is -0.486. The molecule has 152 valence electrons. The fourth-order valence-electron chi connectivity index (χ4n) is 3.24. The molecule has 0 aliphatic heterocycles. The summed E-state index contributed by atoms with van der Waals surface area (Å²) in [4.78, 5) is 30.5. The van der Waals surface area contributed by atoms with Crippen LogP contribution in [-0.2, 0) is 17.0 Å². The Kier molecular flexibility index (Phi) is 6.92. The average Bonchev–Trinajstić information content (AvgIpc) is 3.26. The fraction of sp³-hybridized carbons (Fsp3) is 0.318. The monoisotopic (exact) mass is 428 g/mol. The summed E-state index contributed by atoms with van der Waals surface area (Å²) in [5, 5.41) is 3.04. The van der Waals surface area contributed by atoms with E-state index < -0.39 is 5.97 Å². The molecule has 1 aromatic carbocycles. The zero-order valence-electron chi connectivity index (χ0n) is 17.0. The molecular weight excluding hydrogens is 404 g/mol. The van der Waals surface area contributed by atoms with Crippen LogP contribution in [0.4, 0.5) is 0 Å². The van der Waals surface area contributed by atoms with Gasteiger partial charge in [0.25, 0.3) is 0 Å². The maximum Gasteiger partial charge on any atom is 0.339 e. The molecule has 2 aromatic heterocycles. The van der Waals surface area contributed by atoms with Crippen molar-refractivity contribution in [2.45, 2.75) is 44.9 Å². The smallest absolute Gasteiger partial charge is 0.339 e. The zero-order valence-corrected chi connectivity index (χ0v) is 18.7. The van der Waals surface area contributed by atoms with Crippen molar-refractivity contribution in [3.8, 4) is 0 Å². The van der Waals surface area contributed by atoms with Gasteiger partial charge in [-0.05, 0) is 45.9 Å². The second-order valence-electron chi connectivity index (χ2n) is 6.67. The van der Waals surface area contributed by atoms with Gasteiger partial charge < -0.3 is 9.30 Å². The van der Waals surface area contributed by atoms with Gasteiger partial charge in [-0.1, -0.05) is 12.1 Å². The van der Waals surface area contributed by atoms with Crippen LogP contribution in [0.1, 0.15) is 49.7 Å². The molecular formula is C22H24N2O3S2. The number of ketones is 1. The number of esters is 1. The van der Waals surface area contributed by atoms with E-state index in [0.29, 0.717) is 16.9 Å². The number of carbonyl (C=O) groups excluding carboxylic acids is 2. The Morgan fingerprint density at radius 1 is 1.17 bits per heavy atom. The van der Waals surface area contributed by atoms with E-state index in [9.17, 15) is 9.59 Å². The molecule has 0 bridgehead atoms. The second-order valence-corrected chi connectivity index (χ2v) is 8.75. The third kappa shape index (κ3) is 4.97.